The molecule has 3 aromatic carbocycles. The minimum Gasteiger partial charge on any atom is -0.493 e. The minimum atomic E-state index is -4.15. The number of anilines is 1. The van der Waals surface area contributed by atoms with Crippen LogP contribution in [0.2, 0.25) is 0 Å². The zero-order chi connectivity index (χ0) is 26.3. The Balaban J connectivity index is 1.90. The summed E-state index contributed by atoms with van der Waals surface area (Å²) in [6.45, 7) is 1.23. The van der Waals surface area contributed by atoms with Gasteiger partial charge in [0.2, 0.25) is 0 Å². The largest absolute Gasteiger partial charge is 0.493 e. The fraction of sp³-hybridized carbons (Fsp3) is 0.167. The molecule has 0 saturated heterocycles. The van der Waals surface area contributed by atoms with E-state index in [1.807, 2.05) is 6.92 Å². The molecule has 0 fully saturated rings. The van der Waals surface area contributed by atoms with Crippen molar-refractivity contribution in [1.29, 1.82) is 0 Å². The molecule has 0 spiro atoms. The fourth-order valence-electron chi connectivity index (χ4n) is 3.20. The van der Waals surface area contributed by atoms with Crippen molar-refractivity contribution in [3.63, 3.8) is 0 Å². The number of hydrogen-bond donors (Lipinski definition) is 1. The number of carbonyl (C=O) groups is 1. The first-order valence-corrected chi connectivity index (χ1v) is 12.0. The highest BCUT2D eigenvalue weighted by Gasteiger charge is 2.28. The Hall–Kier alpha value is -4.45. The van der Waals surface area contributed by atoms with Crippen molar-refractivity contribution in [3.05, 3.63) is 88.0 Å². The summed E-state index contributed by atoms with van der Waals surface area (Å²) < 4.78 is 38.4. The van der Waals surface area contributed by atoms with Crippen molar-refractivity contribution in [2.75, 3.05) is 25.1 Å². The highest BCUT2D eigenvalue weighted by atomic mass is 32.2. The molecular weight excluding hydrogens is 488 g/mol. The topological polar surface area (TPSA) is 140 Å². The summed E-state index contributed by atoms with van der Waals surface area (Å²) in [4.78, 5) is 23.1. The average Bonchev–Trinajstić information content (AvgIpc) is 2.87. The van der Waals surface area contributed by atoms with Crippen LogP contribution in [0.15, 0.2) is 76.7 Å². The van der Waals surface area contributed by atoms with Gasteiger partial charge in [0.15, 0.2) is 11.5 Å². The number of nitro groups is 1. The third-order valence-corrected chi connectivity index (χ3v) is 6.82. The second kappa shape index (κ2) is 11.3. The van der Waals surface area contributed by atoms with Gasteiger partial charge in [-0.25, -0.2) is 13.8 Å². The second-order valence-corrected chi connectivity index (χ2v) is 9.37. The van der Waals surface area contributed by atoms with Crippen LogP contribution in [0.5, 0.6) is 11.5 Å². The van der Waals surface area contributed by atoms with Crippen LogP contribution < -0.4 is 19.2 Å². The van der Waals surface area contributed by atoms with E-state index in [0.29, 0.717) is 11.3 Å². The van der Waals surface area contributed by atoms with E-state index in [4.69, 9.17) is 9.47 Å². The van der Waals surface area contributed by atoms with E-state index < -0.39 is 27.4 Å². The van der Waals surface area contributed by atoms with Crippen molar-refractivity contribution in [1.82, 2.24) is 5.43 Å². The lowest BCUT2D eigenvalue weighted by Crippen LogP contribution is -2.39. The van der Waals surface area contributed by atoms with Crippen molar-refractivity contribution >= 4 is 33.5 Å². The molecule has 11 nitrogen and oxygen atoms in total. The van der Waals surface area contributed by atoms with Crippen molar-refractivity contribution in [2.24, 2.45) is 5.10 Å². The lowest BCUT2D eigenvalue weighted by Gasteiger charge is -2.24. The number of nitrogens with one attached hydrogen (secondary N) is 1. The fourth-order valence-corrected chi connectivity index (χ4v) is 4.61. The molecule has 12 heteroatoms. The summed E-state index contributed by atoms with van der Waals surface area (Å²) in [5, 5.41) is 14.7. The average molecular weight is 513 g/mol. The van der Waals surface area contributed by atoms with Crippen LogP contribution in [0.1, 0.15) is 11.1 Å². The first-order chi connectivity index (χ1) is 17.1. The van der Waals surface area contributed by atoms with Gasteiger partial charge in [0.1, 0.15) is 6.54 Å². The molecule has 1 N–H and O–H groups in total. The van der Waals surface area contributed by atoms with Gasteiger partial charge < -0.3 is 9.47 Å². The molecular formula is C24H24N4O7S. The SMILES string of the molecule is COc1ccc(N(CC(=O)N/N=C\c2cccc([N+](=O)[O-])c2)S(=O)(=O)c2ccc(C)cc2)cc1OC. The van der Waals surface area contributed by atoms with Crippen LogP contribution in [-0.2, 0) is 14.8 Å². The van der Waals surface area contributed by atoms with Crippen LogP contribution in [0.3, 0.4) is 0 Å². The Labute approximate surface area is 208 Å². The molecule has 0 unspecified atom stereocenters. The quantitative estimate of drug-likeness (QED) is 0.250. The number of amides is 1. The predicted octanol–water partition coefficient (Wildman–Crippen LogP) is 3.27. The van der Waals surface area contributed by atoms with Crippen LogP contribution >= 0.6 is 0 Å². The van der Waals surface area contributed by atoms with Gasteiger partial charge in [0.25, 0.3) is 21.6 Å². The number of carbonyl (C=O) groups excluding carboxylic acids is 1. The van der Waals surface area contributed by atoms with Crippen LogP contribution in [-0.4, -0.2) is 46.2 Å². The highest BCUT2D eigenvalue weighted by molar-refractivity contribution is 7.92. The predicted molar refractivity (Wildman–Crippen MR) is 134 cm³/mol. The first-order valence-electron chi connectivity index (χ1n) is 10.5. The smallest absolute Gasteiger partial charge is 0.270 e. The van der Waals surface area contributed by atoms with E-state index >= 15 is 0 Å². The summed E-state index contributed by atoms with van der Waals surface area (Å²) >= 11 is 0. The lowest BCUT2D eigenvalue weighted by molar-refractivity contribution is -0.384. The molecule has 188 valence electrons. The summed E-state index contributed by atoms with van der Waals surface area (Å²) in [6.07, 6.45) is 1.22. The molecule has 3 rings (SSSR count). The molecule has 36 heavy (non-hydrogen) atoms. The summed E-state index contributed by atoms with van der Waals surface area (Å²) in [6, 6.07) is 16.4. The van der Waals surface area contributed by atoms with Crippen LogP contribution in [0.4, 0.5) is 11.4 Å². The molecule has 0 aliphatic heterocycles. The molecule has 3 aromatic rings. The molecule has 0 aliphatic carbocycles. The molecule has 0 heterocycles. The Kier molecular flexibility index (Phi) is 8.22. The van der Waals surface area contributed by atoms with E-state index in [1.54, 1.807) is 18.2 Å². The van der Waals surface area contributed by atoms with Gasteiger partial charge in [-0.2, -0.15) is 5.10 Å². The zero-order valence-electron chi connectivity index (χ0n) is 19.7. The molecule has 0 radical (unpaired) electrons. The maximum Gasteiger partial charge on any atom is 0.270 e. The number of methoxy groups -OCH3 is 2. The highest BCUT2D eigenvalue weighted by Crippen LogP contribution is 2.33. The van der Waals surface area contributed by atoms with E-state index in [9.17, 15) is 23.3 Å². The van der Waals surface area contributed by atoms with E-state index in [1.165, 1.54) is 69.0 Å². The zero-order valence-corrected chi connectivity index (χ0v) is 20.6. The second-order valence-electron chi connectivity index (χ2n) is 7.51. The van der Waals surface area contributed by atoms with Gasteiger partial charge in [-0.15, -0.1) is 0 Å². The third-order valence-electron chi connectivity index (χ3n) is 5.04. The Bertz CT molecular complexity index is 1390. The Morgan fingerprint density at radius 1 is 1.06 bits per heavy atom. The van der Waals surface area contributed by atoms with E-state index in [0.717, 1.165) is 9.87 Å². The van der Waals surface area contributed by atoms with Crippen LogP contribution in [0.25, 0.3) is 0 Å². The first kappa shape index (κ1) is 26.2. The molecule has 0 saturated carbocycles. The third kappa shape index (κ3) is 6.16. The number of rotatable bonds is 10. The number of sulfonamides is 1. The summed E-state index contributed by atoms with van der Waals surface area (Å²) in [5.74, 6) is -0.0645. The van der Waals surface area contributed by atoms with E-state index in [2.05, 4.69) is 10.5 Å². The number of aryl methyl sites for hydroxylation is 1. The number of hydrazone groups is 1. The molecule has 0 aliphatic rings. The summed E-state index contributed by atoms with van der Waals surface area (Å²) in [5.41, 5.74) is 3.56. The number of hydrogen-bond acceptors (Lipinski definition) is 8. The summed E-state index contributed by atoms with van der Waals surface area (Å²) in [7, 11) is -1.29. The van der Waals surface area contributed by atoms with Crippen molar-refractivity contribution < 1.29 is 27.6 Å². The standard InChI is InChI=1S/C24H24N4O7S/c1-17-7-10-21(11-8-17)36(32,33)27(19-9-12-22(34-2)23(14-19)35-3)16-24(29)26-25-15-18-5-4-6-20(13-18)28(30)31/h4-15H,16H2,1-3H3,(H,26,29)/b25-15-. The Morgan fingerprint density at radius 2 is 1.75 bits per heavy atom. The normalized spacial score (nSPS) is 11.2. The molecule has 0 aromatic heterocycles. The molecule has 1 amide bonds. The lowest BCUT2D eigenvalue weighted by atomic mass is 10.2. The number of non-ortho nitro benzene ring substituents is 1. The van der Waals surface area contributed by atoms with E-state index in [-0.39, 0.29) is 22.0 Å². The maximum atomic E-state index is 13.5. The molecule has 0 atom stereocenters. The minimum absolute atomic E-state index is 0.00391. The number of benzene rings is 3. The van der Waals surface area contributed by atoms with Gasteiger partial charge in [0.05, 0.1) is 35.9 Å². The molecule has 0 bridgehead atoms. The van der Waals surface area contributed by atoms with Gasteiger partial charge >= 0.3 is 0 Å². The van der Waals surface area contributed by atoms with Crippen LogP contribution in [0, 0.1) is 17.0 Å². The number of nitro benzene ring substituents is 1. The maximum absolute atomic E-state index is 13.5. The Morgan fingerprint density at radius 3 is 2.39 bits per heavy atom. The van der Waals surface area contributed by atoms with Crippen molar-refractivity contribution in [2.45, 2.75) is 11.8 Å². The monoisotopic (exact) mass is 512 g/mol. The van der Waals surface area contributed by atoms with Gasteiger partial charge in [-0.3, -0.25) is 19.2 Å². The number of ether oxygens (including phenoxy) is 2. The van der Waals surface area contributed by atoms with Gasteiger partial charge in [-0.05, 0) is 31.2 Å². The number of nitrogens with zero attached hydrogens (tertiary/aromatic N) is 3. The van der Waals surface area contributed by atoms with Crippen molar-refractivity contribution in [3.8, 4) is 11.5 Å². The van der Waals surface area contributed by atoms with Gasteiger partial charge in [-0.1, -0.05) is 29.8 Å². The van der Waals surface area contributed by atoms with Gasteiger partial charge in [0, 0.05) is 23.8 Å².